The van der Waals surface area contributed by atoms with Gasteiger partial charge in [-0.3, -0.25) is 0 Å². The summed E-state index contributed by atoms with van der Waals surface area (Å²) in [6, 6.07) is 11.6. The fourth-order valence-electron chi connectivity index (χ4n) is 3.20. The number of aliphatic hydroxyl groups is 5. The normalized spacial score (nSPS) is 16.4. The highest BCUT2D eigenvalue weighted by Gasteiger charge is 2.31. The second-order valence-corrected chi connectivity index (χ2v) is 7.71. The van der Waals surface area contributed by atoms with E-state index in [4.69, 9.17) is 10.8 Å². The standard InChI is InChI=1S/C19H24N2O5S/c1-21(8-13(23)17(25)18(26)14(24)9-22)12-7-6-11(20)19-16(12)10-4-2-3-5-15(10)27-19/h2-7,13-14,17-18,22-26H,8-9,20H2,1H3. The highest BCUT2D eigenvalue weighted by atomic mass is 32.1. The van der Waals surface area contributed by atoms with E-state index in [-0.39, 0.29) is 6.54 Å². The fourth-order valence-corrected chi connectivity index (χ4v) is 4.35. The van der Waals surface area contributed by atoms with E-state index in [9.17, 15) is 20.4 Å². The highest BCUT2D eigenvalue weighted by Crippen LogP contribution is 2.42. The van der Waals surface area contributed by atoms with Crippen LogP contribution >= 0.6 is 11.3 Å². The molecule has 3 rings (SSSR count). The zero-order valence-corrected chi connectivity index (χ0v) is 15.7. The fraction of sp³-hybridized carbons (Fsp3) is 0.368. The number of likely N-dealkylation sites (N-methyl/N-ethyl adjacent to an activating group) is 1. The summed E-state index contributed by atoms with van der Waals surface area (Å²) < 4.78 is 2.05. The van der Waals surface area contributed by atoms with Crippen LogP contribution in [-0.2, 0) is 0 Å². The van der Waals surface area contributed by atoms with Crippen LogP contribution < -0.4 is 10.6 Å². The summed E-state index contributed by atoms with van der Waals surface area (Å²) >= 11 is 1.59. The lowest BCUT2D eigenvalue weighted by atomic mass is 10.0. The van der Waals surface area contributed by atoms with E-state index in [1.807, 2.05) is 30.3 Å². The molecule has 27 heavy (non-hydrogen) atoms. The van der Waals surface area contributed by atoms with Crippen molar-refractivity contribution in [3.8, 4) is 0 Å². The third-order valence-electron chi connectivity index (χ3n) is 4.73. The molecule has 0 aliphatic rings. The maximum Gasteiger partial charge on any atom is 0.111 e. The molecule has 0 saturated heterocycles. The monoisotopic (exact) mass is 392 g/mol. The molecule has 8 heteroatoms. The summed E-state index contributed by atoms with van der Waals surface area (Å²) in [5.41, 5.74) is 7.65. The first-order valence-corrected chi connectivity index (χ1v) is 9.40. The molecule has 7 N–H and O–H groups in total. The summed E-state index contributed by atoms with van der Waals surface area (Å²) in [6.45, 7) is -0.695. The van der Waals surface area contributed by atoms with Crippen molar-refractivity contribution in [3.63, 3.8) is 0 Å². The van der Waals surface area contributed by atoms with Crippen LogP contribution in [0.25, 0.3) is 20.2 Å². The number of aliphatic hydroxyl groups excluding tert-OH is 5. The molecule has 0 saturated carbocycles. The molecule has 0 spiro atoms. The average molecular weight is 392 g/mol. The van der Waals surface area contributed by atoms with Crippen molar-refractivity contribution >= 4 is 42.9 Å². The van der Waals surface area contributed by atoms with Crippen molar-refractivity contribution in [2.75, 3.05) is 30.8 Å². The van der Waals surface area contributed by atoms with Gasteiger partial charge in [-0.2, -0.15) is 0 Å². The van der Waals surface area contributed by atoms with Gasteiger partial charge in [0.2, 0.25) is 0 Å². The predicted molar refractivity (Wildman–Crippen MR) is 108 cm³/mol. The van der Waals surface area contributed by atoms with E-state index in [0.717, 1.165) is 25.9 Å². The van der Waals surface area contributed by atoms with Crippen LogP contribution in [0.15, 0.2) is 36.4 Å². The lowest BCUT2D eigenvalue weighted by molar-refractivity contribution is -0.112. The van der Waals surface area contributed by atoms with Gasteiger partial charge in [-0.05, 0) is 18.2 Å². The van der Waals surface area contributed by atoms with Gasteiger partial charge in [0.15, 0.2) is 0 Å². The number of hydrogen-bond acceptors (Lipinski definition) is 8. The minimum atomic E-state index is -1.65. The quantitative estimate of drug-likeness (QED) is 0.323. The predicted octanol–water partition coefficient (Wildman–Crippen LogP) is 0.509. The Labute approximate surface area is 160 Å². The number of thiophene rings is 1. The molecule has 4 unspecified atom stereocenters. The molecule has 0 aliphatic carbocycles. The Morgan fingerprint density at radius 3 is 2.37 bits per heavy atom. The molecule has 1 heterocycles. The third kappa shape index (κ3) is 3.73. The Morgan fingerprint density at radius 1 is 1.00 bits per heavy atom. The third-order valence-corrected chi connectivity index (χ3v) is 5.95. The van der Waals surface area contributed by atoms with Crippen molar-refractivity contribution in [2.24, 2.45) is 0 Å². The Bertz CT molecular complexity index is 931. The van der Waals surface area contributed by atoms with Crippen molar-refractivity contribution in [2.45, 2.75) is 24.4 Å². The Kier molecular flexibility index (Phi) is 5.85. The molecule has 0 fully saturated rings. The van der Waals surface area contributed by atoms with Gasteiger partial charge in [-0.1, -0.05) is 18.2 Å². The largest absolute Gasteiger partial charge is 0.398 e. The number of hydrogen-bond donors (Lipinski definition) is 6. The maximum atomic E-state index is 10.3. The first kappa shape index (κ1) is 19.8. The Morgan fingerprint density at radius 2 is 1.67 bits per heavy atom. The average Bonchev–Trinajstić information content (AvgIpc) is 3.06. The molecule has 0 aliphatic heterocycles. The minimum Gasteiger partial charge on any atom is -0.398 e. The van der Waals surface area contributed by atoms with Gasteiger partial charge in [0.1, 0.15) is 18.3 Å². The molecule has 7 nitrogen and oxygen atoms in total. The summed E-state index contributed by atoms with van der Waals surface area (Å²) in [6.07, 6.45) is -6.10. The first-order chi connectivity index (χ1) is 12.8. The van der Waals surface area contributed by atoms with E-state index >= 15 is 0 Å². The van der Waals surface area contributed by atoms with E-state index in [0.29, 0.717) is 5.69 Å². The molecule has 0 amide bonds. The molecule has 4 atom stereocenters. The van der Waals surface area contributed by atoms with Gasteiger partial charge in [0.25, 0.3) is 0 Å². The lowest BCUT2D eigenvalue weighted by Gasteiger charge is -2.30. The van der Waals surface area contributed by atoms with Gasteiger partial charge in [-0.15, -0.1) is 11.3 Å². The topological polar surface area (TPSA) is 130 Å². The minimum absolute atomic E-state index is 0.0135. The molecule has 0 radical (unpaired) electrons. The van der Waals surface area contributed by atoms with Gasteiger partial charge in [0, 0.05) is 40.4 Å². The van der Waals surface area contributed by atoms with Crippen LogP contribution in [0.2, 0.25) is 0 Å². The van der Waals surface area contributed by atoms with Crippen molar-refractivity contribution in [1.29, 1.82) is 0 Å². The molecule has 1 aromatic heterocycles. The Hall–Kier alpha value is -1.94. The lowest BCUT2D eigenvalue weighted by Crippen LogP contribution is -2.49. The summed E-state index contributed by atoms with van der Waals surface area (Å²) in [4.78, 5) is 1.77. The second kappa shape index (κ2) is 7.97. The molecule has 0 bridgehead atoms. The number of fused-ring (bicyclic) bond motifs is 3. The summed E-state index contributed by atoms with van der Waals surface area (Å²) in [5.74, 6) is 0. The molecule has 3 aromatic rings. The first-order valence-electron chi connectivity index (χ1n) is 8.59. The van der Waals surface area contributed by atoms with E-state index in [1.54, 1.807) is 29.4 Å². The van der Waals surface area contributed by atoms with Gasteiger partial charge < -0.3 is 36.2 Å². The number of rotatable bonds is 7. The van der Waals surface area contributed by atoms with Crippen molar-refractivity contribution in [3.05, 3.63) is 36.4 Å². The number of nitrogen functional groups attached to an aromatic ring is 1. The maximum absolute atomic E-state index is 10.3. The summed E-state index contributed by atoms with van der Waals surface area (Å²) in [5, 5.41) is 50.5. The second-order valence-electron chi connectivity index (χ2n) is 6.66. The van der Waals surface area contributed by atoms with Crippen LogP contribution in [-0.4, -0.2) is 70.1 Å². The molecular formula is C19H24N2O5S. The zero-order valence-electron chi connectivity index (χ0n) is 14.9. The molecule has 2 aromatic carbocycles. The van der Waals surface area contributed by atoms with Crippen LogP contribution in [0.4, 0.5) is 11.4 Å². The van der Waals surface area contributed by atoms with Crippen molar-refractivity contribution < 1.29 is 25.5 Å². The number of anilines is 2. The zero-order chi connectivity index (χ0) is 19.7. The highest BCUT2D eigenvalue weighted by molar-refractivity contribution is 7.26. The van der Waals surface area contributed by atoms with Gasteiger partial charge in [0.05, 0.1) is 17.4 Å². The van der Waals surface area contributed by atoms with Gasteiger partial charge >= 0.3 is 0 Å². The van der Waals surface area contributed by atoms with Crippen LogP contribution in [0, 0.1) is 0 Å². The van der Waals surface area contributed by atoms with Crippen LogP contribution in [0.1, 0.15) is 0 Å². The molecule has 146 valence electrons. The van der Waals surface area contributed by atoms with Crippen LogP contribution in [0.5, 0.6) is 0 Å². The number of nitrogens with zero attached hydrogens (tertiary/aromatic N) is 1. The smallest absolute Gasteiger partial charge is 0.111 e. The number of nitrogens with two attached hydrogens (primary N) is 1. The molecular weight excluding hydrogens is 368 g/mol. The van der Waals surface area contributed by atoms with E-state index in [1.165, 1.54) is 0 Å². The SMILES string of the molecule is CN(CC(O)C(O)C(O)C(O)CO)c1ccc(N)c2sc3ccccc3c12. The van der Waals surface area contributed by atoms with E-state index in [2.05, 4.69) is 0 Å². The van der Waals surface area contributed by atoms with Crippen molar-refractivity contribution in [1.82, 2.24) is 0 Å². The summed E-state index contributed by atoms with van der Waals surface area (Å²) in [7, 11) is 1.77. The number of benzene rings is 2. The van der Waals surface area contributed by atoms with Crippen LogP contribution in [0.3, 0.4) is 0 Å². The van der Waals surface area contributed by atoms with E-state index < -0.39 is 31.0 Å². The van der Waals surface area contributed by atoms with Gasteiger partial charge in [-0.25, -0.2) is 0 Å². The Balaban J connectivity index is 1.92.